The summed E-state index contributed by atoms with van der Waals surface area (Å²) in [4.78, 5) is 28.5. The van der Waals surface area contributed by atoms with Gasteiger partial charge in [-0.3, -0.25) is 9.59 Å². The van der Waals surface area contributed by atoms with Crippen molar-refractivity contribution in [2.24, 2.45) is 17.8 Å². The van der Waals surface area contributed by atoms with Crippen molar-refractivity contribution in [3.63, 3.8) is 0 Å². The second-order valence-corrected chi connectivity index (χ2v) is 7.09. The summed E-state index contributed by atoms with van der Waals surface area (Å²) in [5, 5.41) is 0. The average molecular weight is 278 g/mol. The zero-order valence-electron chi connectivity index (χ0n) is 12.7. The van der Waals surface area contributed by atoms with Gasteiger partial charge in [0, 0.05) is 32.1 Å². The molecule has 3 unspecified atom stereocenters. The summed E-state index contributed by atoms with van der Waals surface area (Å²) in [5.74, 6) is 1.74. The Labute approximate surface area is 121 Å². The van der Waals surface area contributed by atoms with Crippen molar-refractivity contribution in [1.82, 2.24) is 9.80 Å². The molecule has 0 aromatic carbocycles. The van der Waals surface area contributed by atoms with E-state index >= 15 is 0 Å². The van der Waals surface area contributed by atoms with Gasteiger partial charge in [-0.2, -0.15) is 0 Å². The predicted molar refractivity (Wildman–Crippen MR) is 77.0 cm³/mol. The Morgan fingerprint density at radius 2 is 1.70 bits per heavy atom. The highest BCUT2D eigenvalue weighted by Gasteiger charge is 2.42. The minimum atomic E-state index is -0.0925. The first-order chi connectivity index (χ1) is 9.56. The molecule has 1 saturated carbocycles. The number of amides is 2. The minimum Gasteiger partial charge on any atom is -0.342 e. The highest BCUT2D eigenvalue weighted by molar-refractivity contribution is 5.89. The SMILES string of the molecule is CC(C)N1CC(C(=O)N2CC3CCCCC3C2)CC1=O. The van der Waals surface area contributed by atoms with Gasteiger partial charge in [0.2, 0.25) is 11.8 Å². The van der Waals surface area contributed by atoms with E-state index in [1.165, 1.54) is 25.7 Å². The molecular weight excluding hydrogens is 252 g/mol. The Balaban J connectivity index is 1.61. The fourth-order valence-corrected chi connectivity index (χ4v) is 4.24. The molecular formula is C16H26N2O2. The summed E-state index contributed by atoms with van der Waals surface area (Å²) in [6.45, 7) is 6.55. The Morgan fingerprint density at radius 1 is 1.10 bits per heavy atom. The lowest BCUT2D eigenvalue weighted by Crippen LogP contribution is -2.37. The van der Waals surface area contributed by atoms with Crippen LogP contribution >= 0.6 is 0 Å². The van der Waals surface area contributed by atoms with Gasteiger partial charge in [-0.15, -0.1) is 0 Å². The van der Waals surface area contributed by atoms with Crippen LogP contribution in [0.2, 0.25) is 0 Å². The van der Waals surface area contributed by atoms with Gasteiger partial charge in [-0.25, -0.2) is 0 Å². The summed E-state index contributed by atoms with van der Waals surface area (Å²) in [6, 6.07) is 0.210. The number of hydrogen-bond donors (Lipinski definition) is 0. The molecule has 3 atom stereocenters. The van der Waals surface area contributed by atoms with E-state index in [9.17, 15) is 9.59 Å². The molecule has 112 valence electrons. The van der Waals surface area contributed by atoms with Crippen LogP contribution in [0.25, 0.3) is 0 Å². The van der Waals surface area contributed by atoms with Gasteiger partial charge >= 0.3 is 0 Å². The predicted octanol–water partition coefficient (Wildman–Crippen LogP) is 1.89. The minimum absolute atomic E-state index is 0.0925. The van der Waals surface area contributed by atoms with E-state index in [4.69, 9.17) is 0 Å². The molecule has 0 spiro atoms. The van der Waals surface area contributed by atoms with E-state index < -0.39 is 0 Å². The maximum atomic E-state index is 12.7. The Kier molecular flexibility index (Phi) is 3.74. The largest absolute Gasteiger partial charge is 0.342 e. The number of carbonyl (C=O) groups is 2. The molecule has 0 aromatic heterocycles. The molecule has 1 aliphatic carbocycles. The van der Waals surface area contributed by atoms with Crippen molar-refractivity contribution in [2.45, 2.75) is 52.0 Å². The zero-order chi connectivity index (χ0) is 14.3. The molecule has 2 amide bonds. The molecule has 20 heavy (non-hydrogen) atoms. The van der Waals surface area contributed by atoms with E-state index in [0.717, 1.165) is 24.9 Å². The molecule has 0 N–H and O–H groups in total. The first-order valence-electron chi connectivity index (χ1n) is 8.14. The number of carbonyl (C=O) groups excluding carboxylic acids is 2. The van der Waals surface area contributed by atoms with Crippen LogP contribution in [0.1, 0.15) is 46.0 Å². The molecule has 3 aliphatic rings. The second-order valence-electron chi connectivity index (χ2n) is 7.09. The Bertz CT molecular complexity index is 393. The highest BCUT2D eigenvalue weighted by atomic mass is 16.2. The molecule has 0 bridgehead atoms. The summed E-state index contributed by atoms with van der Waals surface area (Å²) in [5.41, 5.74) is 0. The third-order valence-corrected chi connectivity index (χ3v) is 5.42. The van der Waals surface area contributed by atoms with Crippen LogP contribution < -0.4 is 0 Å². The van der Waals surface area contributed by atoms with Gasteiger partial charge in [0.15, 0.2) is 0 Å². The summed E-state index contributed by atoms with van der Waals surface area (Å²) in [6.07, 6.45) is 5.65. The lowest BCUT2D eigenvalue weighted by molar-refractivity contribution is -0.135. The molecule has 0 aromatic rings. The van der Waals surface area contributed by atoms with E-state index in [1.807, 2.05) is 18.7 Å². The summed E-state index contributed by atoms with van der Waals surface area (Å²) >= 11 is 0. The molecule has 4 nitrogen and oxygen atoms in total. The number of likely N-dealkylation sites (tertiary alicyclic amines) is 2. The van der Waals surface area contributed by atoms with Gasteiger partial charge in [-0.05, 0) is 38.5 Å². The zero-order valence-corrected chi connectivity index (χ0v) is 12.7. The van der Waals surface area contributed by atoms with E-state index in [1.54, 1.807) is 0 Å². The first kappa shape index (κ1) is 13.9. The molecule has 3 fully saturated rings. The van der Waals surface area contributed by atoms with Crippen LogP contribution in [0.15, 0.2) is 0 Å². The topological polar surface area (TPSA) is 40.6 Å². The van der Waals surface area contributed by atoms with Crippen molar-refractivity contribution < 1.29 is 9.59 Å². The number of hydrogen-bond acceptors (Lipinski definition) is 2. The molecule has 2 aliphatic heterocycles. The van der Waals surface area contributed by atoms with Crippen molar-refractivity contribution in [3.8, 4) is 0 Å². The van der Waals surface area contributed by atoms with Crippen molar-refractivity contribution in [2.75, 3.05) is 19.6 Å². The first-order valence-corrected chi connectivity index (χ1v) is 8.14. The van der Waals surface area contributed by atoms with Crippen LogP contribution in [-0.2, 0) is 9.59 Å². The quantitative estimate of drug-likeness (QED) is 0.774. The van der Waals surface area contributed by atoms with Gasteiger partial charge in [0.1, 0.15) is 0 Å². The van der Waals surface area contributed by atoms with E-state index in [-0.39, 0.29) is 23.8 Å². The van der Waals surface area contributed by atoms with Crippen LogP contribution in [-0.4, -0.2) is 47.3 Å². The third-order valence-electron chi connectivity index (χ3n) is 5.42. The van der Waals surface area contributed by atoms with Crippen molar-refractivity contribution >= 4 is 11.8 Å². The average Bonchev–Trinajstić information content (AvgIpc) is 3.01. The van der Waals surface area contributed by atoms with Crippen molar-refractivity contribution in [3.05, 3.63) is 0 Å². The molecule has 0 radical (unpaired) electrons. The number of nitrogens with zero attached hydrogens (tertiary/aromatic N) is 2. The molecule has 2 heterocycles. The van der Waals surface area contributed by atoms with Crippen molar-refractivity contribution in [1.29, 1.82) is 0 Å². The molecule has 3 rings (SSSR count). The maximum Gasteiger partial charge on any atom is 0.228 e. The normalized spacial score (nSPS) is 34.0. The number of fused-ring (bicyclic) bond motifs is 1. The summed E-state index contributed by atoms with van der Waals surface area (Å²) in [7, 11) is 0. The molecule has 2 saturated heterocycles. The Morgan fingerprint density at radius 3 is 2.20 bits per heavy atom. The van der Waals surface area contributed by atoms with Crippen LogP contribution in [0.5, 0.6) is 0 Å². The Hall–Kier alpha value is -1.06. The smallest absolute Gasteiger partial charge is 0.228 e. The maximum absolute atomic E-state index is 12.7. The fourth-order valence-electron chi connectivity index (χ4n) is 4.24. The standard InChI is InChI=1S/C16H26N2O2/c1-11(2)18-10-14(7-15(18)19)16(20)17-8-12-5-3-4-6-13(12)9-17/h11-14H,3-10H2,1-2H3. The fraction of sp³-hybridized carbons (Fsp3) is 0.875. The van der Waals surface area contributed by atoms with Gasteiger partial charge in [0.05, 0.1) is 5.92 Å². The third kappa shape index (κ3) is 2.45. The van der Waals surface area contributed by atoms with Crippen LogP contribution in [0.3, 0.4) is 0 Å². The van der Waals surface area contributed by atoms with Gasteiger partial charge < -0.3 is 9.80 Å². The second kappa shape index (κ2) is 5.38. The van der Waals surface area contributed by atoms with Crippen LogP contribution in [0, 0.1) is 17.8 Å². The monoisotopic (exact) mass is 278 g/mol. The van der Waals surface area contributed by atoms with E-state index in [0.29, 0.717) is 13.0 Å². The van der Waals surface area contributed by atoms with E-state index in [2.05, 4.69) is 4.90 Å². The van der Waals surface area contributed by atoms with Gasteiger partial charge in [0.25, 0.3) is 0 Å². The molecule has 4 heteroatoms. The lowest BCUT2D eigenvalue weighted by Gasteiger charge is -2.23. The lowest BCUT2D eigenvalue weighted by atomic mass is 9.82. The van der Waals surface area contributed by atoms with Crippen LogP contribution in [0.4, 0.5) is 0 Å². The highest BCUT2D eigenvalue weighted by Crippen LogP contribution is 2.37. The summed E-state index contributed by atoms with van der Waals surface area (Å²) < 4.78 is 0. The van der Waals surface area contributed by atoms with Gasteiger partial charge in [-0.1, -0.05) is 12.8 Å². The number of rotatable bonds is 2.